The van der Waals surface area contributed by atoms with Crippen molar-refractivity contribution in [3.8, 4) is 17.3 Å². The number of nitrogens with zero attached hydrogens (tertiary/aromatic N) is 4. The number of anilines is 1. The number of rotatable bonds is 4. The molecule has 0 amide bonds. The highest BCUT2D eigenvalue weighted by molar-refractivity contribution is 5.98. The summed E-state index contributed by atoms with van der Waals surface area (Å²) in [4.78, 5) is 15.1. The molecule has 1 saturated heterocycles. The van der Waals surface area contributed by atoms with Crippen LogP contribution in [0.1, 0.15) is 12.8 Å². The molecular formula is C23H22FN5O. The smallest absolute Gasteiger partial charge is 0.319 e. The van der Waals surface area contributed by atoms with Gasteiger partial charge in [-0.2, -0.15) is 9.97 Å². The van der Waals surface area contributed by atoms with Gasteiger partial charge in [-0.15, -0.1) is 0 Å². The molecule has 7 heteroatoms. The molecule has 4 aromatic rings. The molecule has 0 aliphatic carbocycles. The van der Waals surface area contributed by atoms with E-state index in [1.807, 2.05) is 42.5 Å². The van der Waals surface area contributed by atoms with Gasteiger partial charge >= 0.3 is 6.01 Å². The number of benzene rings is 2. The number of aromatic nitrogens is 3. The summed E-state index contributed by atoms with van der Waals surface area (Å²) in [7, 11) is 2.07. The van der Waals surface area contributed by atoms with Crippen molar-refractivity contribution in [1.82, 2.24) is 19.9 Å². The van der Waals surface area contributed by atoms with E-state index >= 15 is 4.39 Å². The maximum Gasteiger partial charge on any atom is 0.319 e. The van der Waals surface area contributed by atoms with Gasteiger partial charge in [0.1, 0.15) is 23.6 Å². The van der Waals surface area contributed by atoms with E-state index in [1.54, 1.807) is 0 Å². The van der Waals surface area contributed by atoms with Crippen molar-refractivity contribution in [3.05, 3.63) is 54.5 Å². The molecule has 1 aliphatic heterocycles. The molecule has 0 unspecified atom stereocenters. The summed E-state index contributed by atoms with van der Waals surface area (Å²) in [6.07, 6.45) is 3.72. The molecule has 30 heavy (non-hydrogen) atoms. The maximum absolute atomic E-state index is 15.6. The van der Waals surface area contributed by atoms with Crippen LogP contribution in [-0.4, -0.2) is 46.1 Å². The van der Waals surface area contributed by atoms with Crippen LogP contribution in [0.15, 0.2) is 48.7 Å². The van der Waals surface area contributed by atoms with Crippen LogP contribution < -0.4 is 10.5 Å². The number of ether oxygens (including phenoxy) is 1. The lowest BCUT2D eigenvalue weighted by Gasteiger charge is -2.19. The Balaban J connectivity index is 1.57. The van der Waals surface area contributed by atoms with Crippen molar-refractivity contribution in [1.29, 1.82) is 0 Å². The quantitative estimate of drug-likeness (QED) is 0.554. The summed E-state index contributed by atoms with van der Waals surface area (Å²) in [5, 5.41) is 2.32. The summed E-state index contributed by atoms with van der Waals surface area (Å²) in [6, 6.07) is 14.0. The molecule has 1 aliphatic rings. The first-order valence-electron chi connectivity index (χ1n) is 10.0. The largest absolute Gasteiger partial charge is 0.462 e. The second-order valence-corrected chi connectivity index (χ2v) is 7.69. The molecule has 1 fully saturated rings. The van der Waals surface area contributed by atoms with Crippen molar-refractivity contribution >= 4 is 27.5 Å². The van der Waals surface area contributed by atoms with Crippen LogP contribution in [-0.2, 0) is 0 Å². The zero-order chi connectivity index (χ0) is 20.7. The Morgan fingerprint density at radius 2 is 1.97 bits per heavy atom. The standard InChI is InChI=1S/C23H22FN5O/c1-29-11-5-8-15(29)13-30-23-27-21-18(22(25)28-23)12-26-20(19(21)24)17-10-4-7-14-6-2-3-9-16(14)17/h2-4,6-7,9-10,12,15H,5,8,11,13H2,1H3,(H2,25,27,28)/t15-/m0/s1. The van der Waals surface area contributed by atoms with Crippen molar-refractivity contribution in [3.63, 3.8) is 0 Å². The first-order valence-corrected chi connectivity index (χ1v) is 10.0. The van der Waals surface area contributed by atoms with E-state index in [0.29, 0.717) is 23.6 Å². The van der Waals surface area contributed by atoms with Crippen LogP contribution in [0.25, 0.3) is 32.9 Å². The van der Waals surface area contributed by atoms with Gasteiger partial charge in [-0.05, 0) is 37.2 Å². The minimum atomic E-state index is -0.527. The number of nitrogen functional groups attached to an aromatic ring is 1. The molecular weight excluding hydrogens is 381 g/mol. The number of likely N-dealkylation sites (tertiary alicyclic amines) is 1. The summed E-state index contributed by atoms with van der Waals surface area (Å²) in [5.74, 6) is -0.369. The molecule has 2 aromatic heterocycles. The van der Waals surface area contributed by atoms with Gasteiger partial charge < -0.3 is 15.4 Å². The summed E-state index contributed by atoms with van der Waals surface area (Å²) in [6.45, 7) is 1.49. The van der Waals surface area contributed by atoms with Gasteiger partial charge in [-0.25, -0.2) is 4.39 Å². The minimum Gasteiger partial charge on any atom is -0.462 e. The van der Waals surface area contributed by atoms with E-state index in [4.69, 9.17) is 10.5 Å². The van der Waals surface area contributed by atoms with Crippen molar-refractivity contribution in [2.24, 2.45) is 0 Å². The van der Waals surface area contributed by atoms with Crippen molar-refractivity contribution < 1.29 is 9.13 Å². The lowest BCUT2D eigenvalue weighted by atomic mass is 10.0. The van der Waals surface area contributed by atoms with Crippen LogP contribution in [0.5, 0.6) is 6.01 Å². The number of hydrogen-bond acceptors (Lipinski definition) is 6. The van der Waals surface area contributed by atoms with Gasteiger partial charge in [0, 0.05) is 17.8 Å². The van der Waals surface area contributed by atoms with Crippen molar-refractivity contribution in [2.75, 3.05) is 25.9 Å². The molecule has 5 rings (SSSR count). The van der Waals surface area contributed by atoms with Gasteiger partial charge in [0.15, 0.2) is 5.82 Å². The zero-order valence-electron chi connectivity index (χ0n) is 16.7. The van der Waals surface area contributed by atoms with Crippen LogP contribution in [0.3, 0.4) is 0 Å². The highest BCUT2D eigenvalue weighted by Crippen LogP contribution is 2.33. The summed E-state index contributed by atoms with van der Waals surface area (Å²) < 4.78 is 21.4. The van der Waals surface area contributed by atoms with Crippen LogP contribution >= 0.6 is 0 Å². The second kappa shape index (κ2) is 7.50. The highest BCUT2D eigenvalue weighted by Gasteiger charge is 2.23. The second-order valence-electron chi connectivity index (χ2n) is 7.69. The fraction of sp³-hybridized carbons (Fsp3) is 0.261. The molecule has 2 aromatic carbocycles. The molecule has 3 heterocycles. The first kappa shape index (κ1) is 18.7. The van der Waals surface area contributed by atoms with E-state index in [9.17, 15) is 0 Å². The van der Waals surface area contributed by atoms with E-state index in [0.717, 1.165) is 30.2 Å². The predicted octanol–water partition coefficient (Wildman–Crippen LogP) is 4.04. The molecule has 152 valence electrons. The van der Waals surface area contributed by atoms with Gasteiger partial charge in [0.2, 0.25) is 0 Å². The van der Waals surface area contributed by atoms with Gasteiger partial charge in [-0.3, -0.25) is 4.98 Å². The van der Waals surface area contributed by atoms with E-state index in [-0.39, 0.29) is 23.0 Å². The fourth-order valence-corrected chi connectivity index (χ4v) is 4.10. The lowest BCUT2D eigenvalue weighted by Crippen LogP contribution is -2.30. The van der Waals surface area contributed by atoms with Gasteiger partial charge in [0.05, 0.1) is 5.39 Å². The Morgan fingerprint density at radius 3 is 2.80 bits per heavy atom. The Bertz CT molecular complexity index is 1240. The SMILES string of the molecule is CN1CCC[C@H]1COc1nc(N)c2cnc(-c3cccc4ccccc34)c(F)c2n1. The molecule has 0 bridgehead atoms. The zero-order valence-corrected chi connectivity index (χ0v) is 16.7. The molecule has 6 nitrogen and oxygen atoms in total. The molecule has 0 saturated carbocycles. The van der Waals surface area contributed by atoms with Crippen LogP contribution in [0.2, 0.25) is 0 Å². The van der Waals surface area contributed by atoms with Crippen molar-refractivity contribution in [2.45, 2.75) is 18.9 Å². The number of likely N-dealkylation sites (N-methyl/N-ethyl adjacent to an activating group) is 1. The third kappa shape index (κ3) is 3.21. The Hall–Kier alpha value is -3.32. The third-order valence-corrected chi connectivity index (χ3v) is 5.81. The maximum atomic E-state index is 15.6. The molecule has 1 atom stereocenters. The average molecular weight is 403 g/mol. The Kier molecular flexibility index (Phi) is 4.67. The first-order chi connectivity index (χ1) is 14.6. The number of fused-ring (bicyclic) bond motifs is 2. The van der Waals surface area contributed by atoms with Crippen LogP contribution in [0.4, 0.5) is 10.2 Å². The molecule has 0 spiro atoms. The number of halogens is 1. The summed E-state index contributed by atoms with van der Waals surface area (Å²) >= 11 is 0. The number of hydrogen-bond donors (Lipinski definition) is 1. The normalized spacial score (nSPS) is 17.1. The number of nitrogens with two attached hydrogens (primary N) is 1. The highest BCUT2D eigenvalue weighted by atomic mass is 19.1. The monoisotopic (exact) mass is 403 g/mol. The Morgan fingerprint density at radius 1 is 1.13 bits per heavy atom. The van der Waals surface area contributed by atoms with Crippen LogP contribution in [0, 0.1) is 5.82 Å². The van der Waals surface area contributed by atoms with E-state index in [2.05, 4.69) is 26.9 Å². The van der Waals surface area contributed by atoms with Gasteiger partial charge in [-0.1, -0.05) is 42.5 Å². The topological polar surface area (TPSA) is 77.2 Å². The average Bonchev–Trinajstić information content (AvgIpc) is 3.17. The molecule has 0 radical (unpaired) electrons. The lowest BCUT2D eigenvalue weighted by molar-refractivity contribution is 0.188. The van der Waals surface area contributed by atoms with Gasteiger partial charge in [0.25, 0.3) is 0 Å². The number of pyridine rings is 1. The fourth-order valence-electron chi connectivity index (χ4n) is 4.10. The Labute approximate surface area is 173 Å². The van der Waals surface area contributed by atoms with E-state index < -0.39 is 5.82 Å². The van der Waals surface area contributed by atoms with E-state index in [1.165, 1.54) is 6.20 Å². The minimum absolute atomic E-state index is 0.0919. The molecule has 2 N–H and O–H groups in total. The summed E-state index contributed by atoms with van der Waals surface area (Å²) in [5.41, 5.74) is 7.13. The third-order valence-electron chi connectivity index (χ3n) is 5.81. The predicted molar refractivity (Wildman–Crippen MR) is 116 cm³/mol.